The van der Waals surface area contributed by atoms with Gasteiger partial charge in [-0.2, -0.15) is 0 Å². The second-order valence-electron chi connectivity index (χ2n) is 4.45. The Labute approximate surface area is 126 Å². The molecule has 0 amide bonds. The number of nitrogens with one attached hydrogen (secondary N) is 1. The van der Waals surface area contributed by atoms with E-state index in [0.29, 0.717) is 6.61 Å². The molecule has 0 spiro atoms. The van der Waals surface area contributed by atoms with Crippen LogP contribution in [0.2, 0.25) is 0 Å². The molecule has 0 aliphatic heterocycles. The highest BCUT2D eigenvalue weighted by Crippen LogP contribution is 2.33. The van der Waals surface area contributed by atoms with Gasteiger partial charge in [0.05, 0.1) is 23.3 Å². The molecule has 1 N–H and O–H groups in total. The fourth-order valence-corrected chi connectivity index (χ4v) is 2.73. The largest absolute Gasteiger partial charge is 0.487 e. The first-order chi connectivity index (χ1) is 10.1. The third-order valence-corrected chi connectivity index (χ3v) is 4.10. The highest BCUT2D eigenvalue weighted by Gasteiger charge is 2.18. The Bertz CT molecular complexity index is 642. The van der Waals surface area contributed by atoms with E-state index in [1.54, 1.807) is 19.1 Å². The van der Waals surface area contributed by atoms with E-state index < -0.39 is 4.92 Å². The predicted molar refractivity (Wildman–Crippen MR) is 82.8 cm³/mol. The Balaban J connectivity index is 2.38. The molecule has 112 valence electrons. The molecule has 0 aliphatic carbocycles. The van der Waals surface area contributed by atoms with E-state index in [0.717, 1.165) is 16.3 Å². The van der Waals surface area contributed by atoms with Crippen molar-refractivity contribution in [1.29, 1.82) is 0 Å². The van der Waals surface area contributed by atoms with Crippen molar-refractivity contribution < 1.29 is 9.66 Å². The van der Waals surface area contributed by atoms with Gasteiger partial charge in [-0.1, -0.05) is 0 Å². The fourth-order valence-electron chi connectivity index (χ4n) is 1.84. The van der Waals surface area contributed by atoms with Crippen molar-refractivity contribution in [2.75, 3.05) is 13.7 Å². The van der Waals surface area contributed by atoms with Crippen LogP contribution in [0.15, 0.2) is 23.6 Å². The Kier molecular flexibility index (Phi) is 4.87. The van der Waals surface area contributed by atoms with Gasteiger partial charge in [0.15, 0.2) is 5.75 Å². The standard InChI is InChI=1S/C14H17N3O3S/c1-4-20-13-6-5-10(7-12(13)17(18)19)11-8-21-14(16-11)9(2)15-3/h5-9,15H,4H2,1-3H3. The van der Waals surface area contributed by atoms with Crippen molar-refractivity contribution in [1.82, 2.24) is 10.3 Å². The zero-order valence-electron chi connectivity index (χ0n) is 12.1. The van der Waals surface area contributed by atoms with Crippen LogP contribution >= 0.6 is 11.3 Å². The summed E-state index contributed by atoms with van der Waals surface area (Å²) in [5.74, 6) is 0.283. The average molecular weight is 307 g/mol. The maximum atomic E-state index is 11.1. The number of hydrogen-bond acceptors (Lipinski definition) is 6. The predicted octanol–water partition coefficient (Wildman–Crippen LogP) is 3.40. The number of benzene rings is 1. The third kappa shape index (κ3) is 3.37. The van der Waals surface area contributed by atoms with Crippen molar-refractivity contribution in [2.45, 2.75) is 19.9 Å². The smallest absolute Gasteiger partial charge is 0.311 e. The second kappa shape index (κ2) is 6.64. The highest BCUT2D eigenvalue weighted by molar-refractivity contribution is 7.10. The Hall–Kier alpha value is -1.99. The van der Waals surface area contributed by atoms with Crippen molar-refractivity contribution in [3.8, 4) is 17.0 Å². The van der Waals surface area contributed by atoms with Crippen LogP contribution in [0, 0.1) is 10.1 Å². The van der Waals surface area contributed by atoms with E-state index in [4.69, 9.17) is 4.74 Å². The normalized spacial score (nSPS) is 12.1. The fraction of sp³-hybridized carbons (Fsp3) is 0.357. The number of ether oxygens (including phenoxy) is 1. The minimum absolute atomic E-state index is 0.0365. The Morgan fingerprint density at radius 1 is 1.52 bits per heavy atom. The third-order valence-electron chi connectivity index (χ3n) is 3.08. The topological polar surface area (TPSA) is 77.3 Å². The van der Waals surface area contributed by atoms with Gasteiger partial charge in [0, 0.05) is 17.0 Å². The van der Waals surface area contributed by atoms with E-state index in [1.807, 2.05) is 19.4 Å². The van der Waals surface area contributed by atoms with Crippen LogP contribution in [0.1, 0.15) is 24.9 Å². The second-order valence-corrected chi connectivity index (χ2v) is 5.34. The molecule has 1 heterocycles. The zero-order chi connectivity index (χ0) is 15.4. The quantitative estimate of drug-likeness (QED) is 0.653. The average Bonchev–Trinajstić information content (AvgIpc) is 2.96. The van der Waals surface area contributed by atoms with Gasteiger partial charge in [-0.05, 0) is 33.0 Å². The van der Waals surface area contributed by atoms with Gasteiger partial charge in [-0.3, -0.25) is 10.1 Å². The molecule has 6 nitrogen and oxygen atoms in total. The van der Waals surface area contributed by atoms with Crippen LogP contribution in [0.5, 0.6) is 5.75 Å². The summed E-state index contributed by atoms with van der Waals surface area (Å²) in [6.45, 7) is 4.20. The molecule has 0 bridgehead atoms. The lowest BCUT2D eigenvalue weighted by Crippen LogP contribution is -2.11. The lowest BCUT2D eigenvalue weighted by atomic mass is 10.1. The van der Waals surface area contributed by atoms with Crippen molar-refractivity contribution in [3.05, 3.63) is 38.7 Å². The summed E-state index contributed by atoms with van der Waals surface area (Å²) >= 11 is 1.53. The van der Waals surface area contributed by atoms with E-state index in [2.05, 4.69) is 10.3 Å². The van der Waals surface area contributed by atoms with Crippen molar-refractivity contribution in [3.63, 3.8) is 0 Å². The van der Waals surface area contributed by atoms with Gasteiger partial charge in [0.1, 0.15) is 5.01 Å². The molecule has 2 aromatic rings. The van der Waals surface area contributed by atoms with Crippen LogP contribution in [-0.2, 0) is 0 Å². The van der Waals surface area contributed by atoms with Crippen LogP contribution in [0.4, 0.5) is 5.69 Å². The van der Waals surface area contributed by atoms with Gasteiger partial charge in [-0.15, -0.1) is 11.3 Å². The maximum Gasteiger partial charge on any atom is 0.311 e. The molecule has 1 aromatic carbocycles. The van der Waals surface area contributed by atoms with E-state index in [-0.39, 0.29) is 17.5 Å². The first kappa shape index (κ1) is 15.4. The minimum atomic E-state index is -0.433. The summed E-state index contributed by atoms with van der Waals surface area (Å²) in [6.07, 6.45) is 0. The summed E-state index contributed by atoms with van der Waals surface area (Å²) in [7, 11) is 1.87. The molecule has 2 rings (SSSR count). The van der Waals surface area contributed by atoms with Crippen LogP contribution < -0.4 is 10.1 Å². The molecule has 7 heteroatoms. The first-order valence-electron chi connectivity index (χ1n) is 6.61. The number of thiazole rings is 1. The molecule has 1 unspecified atom stereocenters. The molecule has 0 fully saturated rings. The summed E-state index contributed by atoms with van der Waals surface area (Å²) in [4.78, 5) is 15.2. The van der Waals surface area contributed by atoms with E-state index in [1.165, 1.54) is 17.4 Å². The molecule has 0 aliphatic rings. The lowest BCUT2D eigenvalue weighted by Gasteiger charge is -2.06. The van der Waals surface area contributed by atoms with Gasteiger partial charge < -0.3 is 10.1 Å². The number of nitro groups is 1. The van der Waals surface area contributed by atoms with Gasteiger partial charge >= 0.3 is 5.69 Å². The number of hydrogen-bond donors (Lipinski definition) is 1. The van der Waals surface area contributed by atoms with Crippen LogP contribution in [0.25, 0.3) is 11.3 Å². The maximum absolute atomic E-state index is 11.1. The molecule has 21 heavy (non-hydrogen) atoms. The van der Waals surface area contributed by atoms with E-state index in [9.17, 15) is 10.1 Å². The minimum Gasteiger partial charge on any atom is -0.487 e. The molecule has 1 aromatic heterocycles. The Morgan fingerprint density at radius 2 is 2.29 bits per heavy atom. The molecule has 0 saturated heterocycles. The van der Waals surface area contributed by atoms with Gasteiger partial charge in [-0.25, -0.2) is 4.98 Å². The summed E-state index contributed by atoms with van der Waals surface area (Å²) < 4.78 is 5.28. The summed E-state index contributed by atoms with van der Waals surface area (Å²) in [6, 6.07) is 5.08. The number of rotatable bonds is 6. The number of nitrogens with zero attached hydrogens (tertiary/aromatic N) is 2. The van der Waals surface area contributed by atoms with Crippen LogP contribution in [-0.4, -0.2) is 23.6 Å². The monoisotopic (exact) mass is 307 g/mol. The summed E-state index contributed by atoms with van der Waals surface area (Å²) in [5.41, 5.74) is 1.42. The lowest BCUT2D eigenvalue weighted by molar-refractivity contribution is -0.385. The van der Waals surface area contributed by atoms with Crippen molar-refractivity contribution >= 4 is 17.0 Å². The number of aromatic nitrogens is 1. The van der Waals surface area contributed by atoms with E-state index >= 15 is 0 Å². The summed E-state index contributed by atoms with van der Waals surface area (Å²) in [5, 5.41) is 17.1. The van der Waals surface area contributed by atoms with Crippen LogP contribution in [0.3, 0.4) is 0 Å². The van der Waals surface area contributed by atoms with Gasteiger partial charge in [0.25, 0.3) is 0 Å². The Morgan fingerprint density at radius 3 is 2.90 bits per heavy atom. The van der Waals surface area contributed by atoms with Gasteiger partial charge in [0.2, 0.25) is 0 Å². The first-order valence-corrected chi connectivity index (χ1v) is 7.49. The SMILES string of the molecule is CCOc1ccc(-c2csc(C(C)NC)n2)cc1[N+](=O)[O-]. The zero-order valence-corrected chi connectivity index (χ0v) is 12.9. The molecule has 0 radical (unpaired) electrons. The van der Waals surface area contributed by atoms with Crippen molar-refractivity contribution in [2.24, 2.45) is 0 Å². The molecular weight excluding hydrogens is 290 g/mol. The molecular formula is C14H17N3O3S. The number of nitro benzene ring substituents is 1. The molecule has 0 saturated carbocycles. The highest BCUT2D eigenvalue weighted by atomic mass is 32.1. The molecule has 1 atom stereocenters.